The third kappa shape index (κ3) is 3.75. The average Bonchev–Trinajstić information content (AvgIpc) is 2.92. The molecule has 6 nitrogen and oxygen atoms in total. The van der Waals surface area contributed by atoms with E-state index in [9.17, 15) is 4.79 Å². The topological polar surface area (TPSA) is 71.2 Å². The summed E-state index contributed by atoms with van der Waals surface area (Å²) in [5.41, 5.74) is 6.05. The molecule has 1 saturated heterocycles. The molecule has 0 aromatic carbocycles. The van der Waals surface area contributed by atoms with Crippen molar-refractivity contribution in [2.45, 2.75) is 38.6 Å². The molecule has 1 amide bonds. The average molecular weight is 268 g/mol. The zero-order valence-electron chi connectivity index (χ0n) is 11.7. The number of carbonyl (C=O) groups excluding carboxylic acids is 1. The van der Waals surface area contributed by atoms with Gasteiger partial charge in [-0.3, -0.25) is 0 Å². The highest BCUT2D eigenvalue weighted by Crippen LogP contribution is 2.21. The van der Waals surface area contributed by atoms with Gasteiger partial charge in [-0.25, -0.2) is 9.79 Å². The van der Waals surface area contributed by atoms with Crippen LogP contribution in [-0.4, -0.2) is 60.7 Å². The molecule has 0 unspecified atom stereocenters. The lowest BCUT2D eigenvalue weighted by Gasteiger charge is -2.34. The fourth-order valence-electron chi connectivity index (χ4n) is 2.63. The summed E-state index contributed by atoms with van der Waals surface area (Å²) in [5, 5.41) is 0. The molecular weight excluding hydrogens is 244 g/mol. The molecule has 0 spiro atoms. The van der Waals surface area contributed by atoms with Crippen molar-refractivity contribution in [1.29, 1.82) is 0 Å². The maximum absolute atomic E-state index is 11.6. The summed E-state index contributed by atoms with van der Waals surface area (Å²) in [5.74, 6) is 0.635. The van der Waals surface area contributed by atoms with E-state index in [1.165, 1.54) is 12.8 Å². The van der Waals surface area contributed by atoms with Crippen LogP contribution in [0.1, 0.15) is 32.6 Å². The largest absolute Gasteiger partial charge is 0.450 e. The van der Waals surface area contributed by atoms with E-state index in [2.05, 4.69) is 9.89 Å². The number of nitrogens with zero attached hydrogens (tertiary/aromatic N) is 3. The zero-order valence-corrected chi connectivity index (χ0v) is 11.7. The molecule has 1 heterocycles. The number of amides is 1. The number of nitrogens with two attached hydrogens (primary N) is 1. The zero-order chi connectivity index (χ0) is 13.7. The van der Waals surface area contributed by atoms with Crippen LogP contribution in [0.15, 0.2) is 4.99 Å². The Morgan fingerprint density at radius 1 is 1.21 bits per heavy atom. The van der Waals surface area contributed by atoms with Gasteiger partial charge in [0.05, 0.1) is 12.6 Å². The molecule has 0 atom stereocenters. The molecular formula is C13H24N4O2. The Morgan fingerprint density at radius 3 is 2.37 bits per heavy atom. The van der Waals surface area contributed by atoms with Crippen molar-refractivity contribution < 1.29 is 9.53 Å². The van der Waals surface area contributed by atoms with Gasteiger partial charge in [0, 0.05) is 26.2 Å². The van der Waals surface area contributed by atoms with Crippen LogP contribution < -0.4 is 5.73 Å². The number of hydrogen-bond donors (Lipinski definition) is 1. The summed E-state index contributed by atoms with van der Waals surface area (Å²) in [7, 11) is 0. The van der Waals surface area contributed by atoms with Crippen molar-refractivity contribution in [3.05, 3.63) is 0 Å². The lowest BCUT2D eigenvalue weighted by atomic mass is 10.3. The van der Waals surface area contributed by atoms with Gasteiger partial charge in [0.15, 0.2) is 5.96 Å². The summed E-state index contributed by atoms with van der Waals surface area (Å²) in [6, 6.07) is 0.406. The Bertz CT molecular complexity index is 332. The molecule has 0 radical (unpaired) electrons. The number of piperazine rings is 1. The highest BCUT2D eigenvalue weighted by atomic mass is 16.6. The van der Waals surface area contributed by atoms with E-state index < -0.39 is 0 Å². The second-order valence-electron chi connectivity index (χ2n) is 5.10. The van der Waals surface area contributed by atoms with E-state index >= 15 is 0 Å². The molecule has 0 aromatic rings. The molecule has 108 valence electrons. The summed E-state index contributed by atoms with van der Waals surface area (Å²) < 4.78 is 4.99. The molecule has 1 saturated carbocycles. The van der Waals surface area contributed by atoms with E-state index in [4.69, 9.17) is 10.5 Å². The fourth-order valence-corrected chi connectivity index (χ4v) is 2.63. The summed E-state index contributed by atoms with van der Waals surface area (Å²) in [4.78, 5) is 20.0. The Balaban J connectivity index is 1.80. The van der Waals surface area contributed by atoms with Gasteiger partial charge in [-0.2, -0.15) is 0 Å². The molecule has 1 aliphatic heterocycles. The summed E-state index contributed by atoms with van der Waals surface area (Å²) >= 11 is 0. The Kier molecular flexibility index (Phi) is 4.87. The molecule has 2 fully saturated rings. The molecule has 6 heteroatoms. The first-order chi connectivity index (χ1) is 9.20. The number of hydrogen-bond acceptors (Lipinski definition) is 3. The van der Waals surface area contributed by atoms with Crippen LogP contribution in [0.5, 0.6) is 0 Å². The van der Waals surface area contributed by atoms with E-state index in [1.54, 1.807) is 4.90 Å². The monoisotopic (exact) mass is 268 g/mol. The molecule has 0 bridgehead atoms. The van der Waals surface area contributed by atoms with E-state index in [0.717, 1.165) is 25.9 Å². The van der Waals surface area contributed by atoms with Gasteiger partial charge in [0.1, 0.15) is 0 Å². The van der Waals surface area contributed by atoms with Gasteiger partial charge in [-0.15, -0.1) is 0 Å². The van der Waals surface area contributed by atoms with Gasteiger partial charge in [0.25, 0.3) is 0 Å². The van der Waals surface area contributed by atoms with Crippen LogP contribution in [-0.2, 0) is 4.74 Å². The normalized spacial score (nSPS) is 21.8. The molecule has 2 N–H and O–H groups in total. The van der Waals surface area contributed by atoms with Gasteiger partial charge < -0.3 is 20.3 Å². The van der Waals surface area contributed by atoms with Gasteiger partial charge in [-0.1, -0.05) is 12.8 Å². The molecule has 1 aliphatic carbocycles. The number of rotatable bonds is 2. The van der Waals surface area contributed by atoms with Crippen molar-refractivity contribution in [2.75, 3.05) is 32.8 Å². The summed E-state index contributed by atoms with van der Waals surface area (Å²) in [6.07, 6.45) is 4.61. The Hall–Kier alpha value is -1.46. The first-order valence-electron chi connectivity index (χ1n) is 7.20. The number of carbonyl (C=O) groups is 1. The number of ether oxygens (including phenoxy) is 1. The van der Waals surface area contributed by atoms with Gasteiger partial charge in [-0.05, 0) is 19.8 Å². The molecule has 19 heavy (non-hydrogen) atoms. The van der Waals surface area contributed by atoms with E-state index in [1.807, 2.05) is 6.92 Å². The number of guanidine groups is 1. The van der Waals surface area contributed by atoms with Crippen molar-refractivity contribution in [3.63, 3.8) is 0 Å². The smallest absolute Gasteiger partial charge is 0.409 e. The SMILES string of the molecule is CCOC(=O)N1CCN(C(N)=NC2CCCC2)CC1. The maximum Gasteiger partial charge on any atom is 0.409 e. The number of aliphatic imine (C=N–C) groups is 1. The summed E-state index contributed by atoms with van der Waals surface area (Å²) in [6.45, 7) is 5.02. The Labute approximate surface area is 114 Å². The second-order valence-corrected chi connectivity index (χ2v) is 5.10. The highest BCUT2D eigenvalue weighted by molar-refractivity contribution is 5.78. The van der Waals surface area contributed by atoms with Crippen molar-refractivity contribution in [1.82, 2.24) is 9.80 Å². The third-order valence-electron chi connectivity index (χ3n) is 3.77. The highest BCUT2D eigenvalue weighted by Gasteiger charge is 2.23. The lowest BCUT2D eigenvalue weighted by Crippen LogP contribution is -2.52. The minimum atomic E-state index is -0.228. The van der Waals surface area contributed by atoms with Crippen molar-refractivity contribution in [3.8, 4) is 0 Å². The predicted molar refractivity (Wildman–Crippen MR) is 74.0 cm³/mol. The molecule has 0 aromatic heterocycles. The lowest BCUT2D eigenvalue weighted by molar-refractivity contribution is 0.0917. The van der Waals surface area contributed by atoms with Gasteiger partial charge >= 0.3 is 6.09 Å². The first-order valence-corrected chi connectivity index (χ1v) is 7.20. The maximum atomic E-state index is 11.6. The van der Waals surface area contributed by atoms with E-state index in [-0.39, 0.29) is 6.09 Å². The molecule has 2 rings (SSSR count). The van der Waals surface area contributed by atoms with E-state index in [0.29, 0.717) is 31.7 Å². The van der Waals surface area contributed by atoms with Crippen LogP contribution >= 0.6 is 0 Å². The van der Waals surface area contributed by atoms with Crippen LogP contribution in [0, 0.1) is 0 Å². The van der Waals surface area contributed by atoms with Crippen LogP contribution in [0.2, 0.25) is 0 Å². The fraction of sp³-hybridized carbons (Fsp3) is 0.846. The van der Waals surface area contributed by atoms with Crippen LogP contribution in [0.4, 0.5) is 4.79 Å². The predicted octanol–water partition coefficient (Wildman–Crippen LogP) is 1.02. The first kappa shape index (κ1) is 14.0. The minimum Gasteiger partial charge on any atom is -0.450 e. The second kappa shape index (κ2) is 6.63. The Morgan fingerprint density at radius 2 is 1.79 bits per heavy atom. The van der Waals surface area contributed by atoms with Crippen LogP contribution in [0.3, 0.4) is 0 Å². The standard InChI is InChI=1S/C13H24N4O2/c1-2-19-13(18)17-9-7-16(8-10-17)12(14)15-11-5-3-4-6-11/h11H,2-10H2,1H3,(H2,14,15). The van der Waals surface area contributed by atoms with Crippen molar-refractivity contribution in [2.24, 2.45) is 10.7 Å². The van der Waals surface area contributed by atoms with Crippen LogP contribution in [0.25, 0.3) is 0 Å². The molecule has 2 aliphatic rings. The minimum absolute atomic E-state index is 0.228. The third-order valence-corrected chi connectivity index (χ3v) is 3.77. The quantitative estimate of drug-likeness (QED) is 0.599. The van der Waals surface area contributed by atoms with Gasteiger partial charge in [0.2, 0.25) is 0 Å². The van der Waals surface area contributed by atoms with Crippen molar-refractivity contribution >= 4 is 12.1 Å².